The van der Waals surface area contributed by atoms with Crippen LogP contribution in [0.25, 0.3) is 11.2 Å². The number of rotatable bonds is 6. The van der Waals surface area contributed by atoms with Crippen LogP contribution in [-0.2, 0) is 22.3 Å². The van der Waals surface area contributed by atoms with Gasteiger partial charge in [0.25, 0.3) is 0 Å². The van der Waals surface area contributed by atoms with Crippen LogP contribution in [-0.4, -0.2) is 35.7 Å². The van der Waals surface area contributed by atoms with Gasteiger partial charge in [-0.25, -0.2) is 9.78 Å². The van der Waals surface area contributed by atoms with Gasteiger partial charge in [0.1, 0.15) is 24.7 Å². The molecule has 0 fully saturated rings. The monoisotopic (exact) mass is 524 g/mol. The van der Waals surface area contributed by atoms with E-state index in [1.165, 1.54) is 4.57 Å². The molecule has 7 nitrogen and oxygen atoms in total. The van der Waals surface area contributed by atoms with Crippen LogP contribution in [0.5, 0.6) is 0 Å². The van der Waals surface area contributed by atoms with E-state index in [1.807, 2.05) is 30.3 Å². The van der Waals surface area contributed by atoms with E-state index in [9.17, 15) is 4.79 Å². The van der Waals surface area contributed by atoms with Crippen molar-refractivity contribution in [3.8, 4) is 11.8 Å². The molecule has 0 radical (unpaired) electrons. The van der Waals surface area contributed by atoms with Gasteiger partial charge in [-0.1, -0.05) is 65.7 Å². The molecule has 0 amide bonds. The topological polar surface area (TPSA) is 71.2 Å². The Labute approximate surface area is 217 Å². The van der Waals surface area contributed by atoms with Gasteiger partial charge < -0.3 is 8.85 Å². The Kier molecular flexibility index (Phi) is 7.87. The molecular weight excluding hydrogens is 484 g/mol. The first-order chi connectivity index (χ1) is 16.5. The van der Waals surface area contributed by atoms with Crippen LogP contribution >= 0.6 is 0 Å². The Morgan fingerprint density at radius 3 is 1.97 bits per heavy atom. The molecule has 0 aliphatic carbocycles. The molecule has 3 rings (SSSR count). The molecule has 0 spiro atoms. The fraction of sp³-hybridized carbons (Fsp3) is 0.519. The van der Waals surface area contributed by atoms with Crippen molar-refractivity contribution in [3.05, 3.63) is 58.4 Å². The van der Waals surface area contributed by atoms with Gasteiger partial charge >= 0.3 is 5.69 Å². The van der Waals surface area contributed by atoms with Crippen molar-refractivity contribution in [2.45, 2.75) is 91.3 Å². The highest BCUT2D eigenvalue weighted by molar-refractivity contribution is 6.74. The zero-order valence-corrected chi connectivity index (χ0v) is 25.4. The summed E-state index contributed by atoms with van der Waals surface area (Å²) >= 11 is 0. The highest BCUT2D eigenvalue weighted by Gasteiger charge is 2.38. The van der Waals surface area contributed by atoms with Crippen LogP contribution in [0.3, 0.4) is 0 Å². The van der Waals surface area contributed by atoms with Crippen LogP contribution in [0, 0.1) is 11.8 Å². The van der Waals surface area contributed by atoms with Gasteiger partial charge in [-0.15, -0.1) is 0 Å². The van der Waals surface area contributed by atoms with E-state index < -0.39 is 22.3 Å². The molecule has 2 heterocycles. The standard InChI is InChI=1S/C27H40N4O3Si2/c1-26(2,3)35(7,8)33-19-30-18-28-23-22(17-16-21-14-12-11-13-15-21)31(25(32)29-24(23)30)20-34-36(9,10)27(4,5)6/h11-15,18H,19-20H2,1-10H3. The lowest BCUT2D eigenvalue weighted by molar-refractivity contribution is 0.206. The molecule has 0 aliphatic rings. The van der Waals surface area contributed by atoms with E-state index >= 15 is 0 Å². The number of nitrogens with zero attached hydrogens (tertiary/aromatic N) is 4. The number of hydrogen-bond donors (Lipinski definition) is 0. The van der Waals surface area contributed by atoms with E-state index in [-0.39, 0.29) is 23.5 Å². The molecule has 3 aromatic rings. The van der Waals surface area contributed by atoms with Crippen LogP contribution in [0.1, 0.15) is 52.8 Å². The molecular formula is C27H40N4O3Si2. The second-order valence-electron chi connectivity index (χ2n) is 12.2. The van der Waals surface area contributed by atoms with Crippen LogP contribution in [0.15, 0.2) is 41.5 Å². The Hall–Kier alpha value is -2.52. The lowest BCUT2D eigenvalue weighted by atomic mass is 10.2. The fourth-order valence-electron chi connectivity index (χ4n) is 2.92. The van der Waals surface area contributed by atoms with E-state index in [4.69, 9.17) is 8.85 Å². The SMILES string of the molecule is CC(C)(C)[Si](C)(C)OCn1c(C#Cc2ccccc2)c2ncn(CO[Si](C)(C)C(C)(C)C)c2nc1=O. The Bertz CT molecular complexity index is 1340. The summed E-state index contributed by atoms with van der Waals surface area (Å²) in [5.41, 5.74) is 1.98. The van der Waals surface area contributed by atoms with Crippen molar-refractivity contribution in [1.29, 1.82) is 0 Å². The molecule has 36 heavy (non-hydrogen) atoms. The van der Waals surface area contributed by atoms with Crippen LogP contribution in [0.4, 0.5) is 0 Å². The second kappa shape index (κ2) is 10.1. The minimum Gasteiger partial charge on any atom is -0.399 e. The maximum Gasteiger partial charge on any atom is 0.352 e. The number of fused-ring (bicyclic) bond motifs is 1. The summed E-state index contributed by atoms with van der Waals surface area (Å²) in [5.74, 6) is 6.38. The smallest absolute Gasteiger partial charge is 0.352 e. The largest absolute Gasteiger partial charge is 0.399 e. The summed E-state index contributed by atoms with van der Waals surface area (Å²) in [6.45, 7) is 22.2. The van der Waals surface area contributed by atoms with E-state index in [0.29, 0.717) is 16.9 Å². The quantitative estimate of drug-likeness (QED) is 0.294. The first-order valence-corrected chi connectivity index (χ1v) is 18.2. The summed E-state index contributed by atoms with van der Waals surface area (Å²) in [5, 5.41) is 0.0730. The summed E-state index contributed by atoms with van der Waals surface area (Å²) in [6.07, 6.45) is 1.68. The highest BCUT2D eigenvalue weighted by atomic mass is 28.4. The Morgan fingerprint density at radius 2 is 1.42 bits per heavy atom. The van der Waals surface area contributed by atoms with Crippen molar-refractivity contribution in [2.24, 2.45) is 0 Å². The molecule has 9 heteroatoms. The third kappa shape index (κ3) is 6.06. The molecule has 0 saturated carbocycles. The van der Waals surface area contributed by atoms with Crippen LogP contribution in [0.2, 0.25) is 36.3 Å². The number of imidazole rings is 1. The van der Waals surface area contributed by atoms with Gasteiger partial charge in [-0.05, 0) is 54.3 Å². The van der Waals surface area contributed by atoms with E-state index in [0.717, 1.165) is 5.56 Å². The summed E-state index contributed by atoms with van der Waals surface area (Å²) in [6, 6.07) is 9.69. The average Bonchev–Trinajstić information content (AvgIpc) is 3.16. The molecule has 194 valence electrons. The molecule has 2 aromatic heterocycles. The van der Waals surface area contributed by atoms with Gasteiger partial charge in [0.05, 0.1) is 6.33 Å². The van der Waals surface area contributed by atoms with Crippen molar-refractivity contribution < 1.29 is 8.85 Å². The number of aromatic nitrogens is 4. The number of benzene rings is 1. The number of hydrogen-bond acceptors (Lipinski definition) is 5. The minimum absolute atomic E-state index is 0.00663. The fourth-order valence-corrected chi connectivity index (χ4v) is 4.70. The molecule has 1 aromatic carbocycles. The third-order valence-electron chi connectivity index (χ3n) is 7.57. The zero-order chi connectivity index (χ0) is 26.9. The minimum atomic E-state index is -2.11. The average molecular weight is 525 g/mol. The van der Waals surface area contributed by atoms with Gasteiger partial charge in [0.15, 0.2) is 22.3 Å². The van der Waals surface area contributed by atoms with E-state index in [2.05, 4.69) is 89.5 Å². The Balaban J connectivity index is 2.08. The molecule has 0 bridgehead atoms. The van der Waals surface area contributed by atoms with Crippen molar-refractivity contribution in [2.75, 3.05) is 0 Å². The Morgan fingerprint density at radius 1 is 0.861 bits per heavy atom. The first kappa shape index (κ1) is 28.1. The van der Waals surface area contributed by atoms with Gasteiger partial charge in [0.2, 0.25) is 0 Å². The molecule has 0 aliphatic heterocycles. The van der Waals surface area contributed by atoms with Crippen molar-refractivity contribution in [1.82, 2.24) is 19.1 Å². The van der Waals surface area contributed by atoms with E-state index in [1.54, 1.807) is 10.9 Å². The lowest BCUT2D eigenvalue weighted by Gasteiger charge is -2.36. The third-order valence-corrected chi connectivity index (χ3v) is 16.5. The highest BCUT2D eigenvalue weighted by Crippen LogP contribution is 2.37. The molecule has 0 unspecified atom stereocenters. The summed E-state index contributed by atoms with van der Waals surface area (Å²) in [4.78, 5) is 22.3. The molecule has 0 N–H and O–H groups in total. The normalized spacial score (nSPS) is 13.1. The maximum atomic E-state index is 13.3. The molecule has 0 saturated heterocycles. The second-order valence-corrected chi connectivity index (χ2v) is 21.9. The lowest BCUT2D eigenvalue weighted by Crippen LogP contribution is -2.42. The van der Waals surface area contributed by atoms with Gasteiger partial charge in [-0.2, -0.15) is 4.98 Å². The predicted octanol–water partition coefficient (Wildman–Crippen LogP) is 5.95. The zero-order valence-electron chi connectivity index (χ0n) is 23.4. The first-order valence-electron chi connectivity index (χ1n) is 12.3. The summed E-state index contributed by atoms with van der Waals surface area (Å²) in [7, 11) is -4.11. The van der Waals surface area contributed by atoms with Crippen molar-refractivity contribution >= 4 is 27.8 Å². The van der Waals surface area contributed by atoms with Gasteiger partial charge in [-0.3, -0.25) is 9.13 Å². The van der Waals surface area contributed by atoms with Crippen molar-refractivity contribution in [3.63, 3.8) is 0 Å². The van der Waals surface area contributed by atoms with Crippen LogP contribution < -0.4 is 5.69 Å². The molecule has 0 atom stereocenters. The predicted molar refractivity (Wildman–Crippen MR) is 151 cm³/mol. The summed E-state index contributed by atoms with van der Waals surface area (Å²) < 4.78 is 16.1. The maximum absolute atomic E-state index is 13.3. The van der Waals surface area contributed by atoms with Gasteiger partial charge in [0, 0.05) is 5.56 Å².